The number of hydrogen-bond donors (Lipinski definition) is 1. The number of nitrogens with one attached hydrogen (secondary N) is 1. The van der Waals surface area contributed by atoms with Crippen LogP contribution in [0.1, 0.15) is 12.8 Å². The molecule has 0 aromatic carbocycles. The van der Waals surface area contributed by atoms with Crippen molar-refractivity contribution in [2.45, 2.75) is 12.8 Å². The van der Waals surface area contributed by atoms with Crippen molar-refractivity contribution in [3.05, 3.63) is 23.4 Å². The summed E-state index contributed by atoms with van der Waals surface area (Å²) < 4.78 is 4.66. The molecule has 0 bridgehead atoms. The van der Waals surface area contributed by atoms with E-state index in [4.69, 9.17) is 0 Å². The van der Waals surface area contributed by atoms with E-state index in [1.54, 1.807) is 0 Å². The Kier molecular flexibility index (Phi) is 2.08. The summed E-state index contributed by atoms with van der Waals surface area (Å²) in [5.74, 6) is 0.369. The van der Waals surface area contributed by atoms with Crippen molar-refractivity contribution < 1.29 is 9.53 Å². The molecule has 1 N–H and O–H groups in total. The maximum Gasteiger partial charge on any atom is 0.337 e. The van der Waals surface area contributed by atoms with Gasteiger partial charge in [-0.1, -0.05) is 6.08 Å². The van der Waals surface area contributed by atoms with Crippen LogP contribution in [0.3, 0.4) is 0 Å². The van der Waals surface area contributed by atoms with Crippen LogP contribution in [0.4, 0.5) is 0 Å². The first kappa shape index (κ1) is 8.35. The lowest BCUT2D eigenvalue weighted by Gasteiger charge is -2.14. The van der Waals surface area contributed by atoms with Crippen LogP contribution in [0, 0.1) is 5.92 Å². The van der Waals surface area contributed by atoms with E-state index in [9.17, 15) is 4.79 Å². The van der Waals surface area contributed by atoms with E-state index in [-0.39, 0.29) is 5.97 Å². The van der Waals surface area contributed by atoms with Crippen LogP contribution in [-0.2, 0) is 9.53 Å². The minimum Gasteiger partial charge on any atom is -0.465 e. The summed E-state index contributed by atoms with van der Waals surface area (Å²) in [5.41, 5.74) is 1.88. The van der Waals surface area contributed by atoms with Gasteiger partial charge in [-0.15, -0.1) is 0 Å². The van der Waals surface area contributed by atoms with Crippen LogP contribution in [0.15, 0.2) is 23.4 Å². The molecule has 13 heavy (non-hydrogen) atoms. The van der Waals surface area contributed by atoms with Gasteiger partial charge in [0.1, 0.15) is 0 Å². The van der Waals surface area contributed by atoms with E-state index in [0.29, 0.717) is 11.5 Å². The fourth-order valence-corrected chi connectivity index (χ4v) is 1.86. The van der Waals surface area contributed by atoms with Crippen molar-refractivity contribution in [2.75, 3.05) is 13.7 Å². The number of allylic oxidation sites excluding steroid dienone is 2. The lowest BCUT2D eigenvalue weighted by atomic mass is 9.93. The maximum atomic E-state index is 11.2. The van der Waals surface area contributed by atoms with Gasteiger partial charge in [0.25, 0.3) is 0 Å². The SMILES string of the molecule is COC(=O)C1=CCC2CCNC2=C1. The van der Waals surface area contributed by atoms with Crippen LogP contribution >= 0.6 is 0 Å². The van der Waals surface area contributed by atoms with E-state index < -0.39 is 0 Å². The van der Waals surface area contributed by atoms with Gasteiger partial charge in [0.2, 0.25) is 0 Å². The zero-order chi connectivity index (χ0) is 9.26. The van der Waals surface area contributed by atoms with Gasteiger partial charge in [0.15, 0.2) is 0 Å². The van der Waals surface area contributed by atoms with E-state index in [1.165, 1.54) is 19.2 Å². The fraction of sp³-hybridized carbons (Fsp3) is 0.500. The standard InChI is InChI=1S/C10H13NO2/c1-13-10(12)8-3-2-7-4-5-11-9(7)6-8/h3,6-7,11H,2,4-5H2,1H3. The third-order valence-electron chi connectivity index (χ3n) is 2.62. The number of methoxy groups -OCH3 is 1. The molecule has 3 heteroatoms. The molecule has 2 rings (SSSR count). The van der Waals surface area contributed by atoms with Gasteiger partial charge in [-0.2, -0.15) is 0 Å². The molecule has 0 aromatic heterocycles. The fourth-order valence-electron chi connectivity index (χ4n) is 1.86. The third kappa shape index (κ3) is 1.46. The first-order chi connectivity index (χ1) is 6.31. The second kappa shape index (κ2) is 3.24. The molecule has 0 amide bonds. The van der Waals surface area contributed by atoms with E-state index in [1.807, 2.05) is 12.2 Å². The van der Waals surface area contributed by atoms with E-state index >= 15 is 0 Å². The highest BCUT2D eigenvalue weighted by Gasteiger charge is 2.24. The Morgan fingerprint density at radius 3 is 3.31 bits per heavy atom. The predicted molar refractivity (Wildman–Crippen MR) is 48.9 cm³/mol. The summed E-state index contributed by atoms with van der Waals surface area (Å²) in [6.45, 7) is 1.03. The Hall–Kier alpha value is -1.25. The Labute approximate surface area is 77.5 Å². The second-order valence-corrected chi connectivity index (χ2v) is 3.40. The molecule has 1 aliphatic carbocycles. The zero-order valence-corrected chi connectivity index (χ0v) is 7.67. The van der Waals surface area contributed by atoms with Crippen LogP contribution in [-0.4, -0.2) is 19.6 Å². The van der Waals surface area contributed by atoms with Gasteiger partial charge in [0.05, 0.1) is 12.7 Å². The molecule has 70 valence electrons. The second-order valence-electron chi connectivity index (χ2n) is 3.40. The van der Waals surface area contributed by atoms with Gasteiger partial charge in [-0.25, -0.2) is 4.79 Å². The van der Waals surface area contributed by atoms with Crippen molar-refractivity contribution in [1.29, 1.82) is 0 Å². The van der Waals surface area contributed by atoms with Gasteiger partial charge >= 0.3 is 5.97 Å². The van der Waals surface area contributed by atoms with Crippen molar-refractivity contribution in [3.8, 4) is 0 Å². The number of carbonyl (C=O) groups is 1. The Bertz CT molecular complexity index is 291. The molecule has 0 spiro atoms. The molecule has 1 saturated heterocycles. The van der Waals surface area contributed by atoms with Crippen LogP contribution in [0.5, 0.6) is 0 Å². The average Bonchev–Trinajstić information content (AvgIpc) is 2.63. The maximum absolute atomic E-state index is 11.2. The smallest absolute Gasteiger partial charge is 0.337 e. The molecule has 1 aliphatic heterocycles. The van der Waals surface area contributed by atoms with E-state index in [0.717, 1.165) is 13.0 Å². The Balaban J connectivity index is 2.16. The number of carbonyl (C=O) groups excluding carboxylic acids is 1. The van der Waals surface area contributed by atoms with E-state index in [2.05, 4.69) is 10.1 Å². The first-order valence-corrected chi connectivity index (χ1v) is 4.55. The number of hydrogen-bond acceptors (Lipinski definition) is 3. The molecule has 3 nitrogen and oxygen atoms in total. The van der Waals surface area contributed by atoms with Crippen molar-refractivity contribution in [3.63, 3.8) is 0 Å². The lowest BCUT2D eigenvalue weighted by molar-refractivity contribution is -0.135. The van der Waals surface area contributed by atoms with Crippen LogP contribution < -0.4 is 5.32 Å². The summed E-state index contributed by atoms with van der Waals surface area (Å²) in [7, 11) is 1.41. The topological polar surface area (TPSA) is 38.3 Å². The van der Waals surface area contributed by atoms with Gasteiger partial charge < -0.3 is 10.1 Å². The third-order valence-corrected chi connectivity index (χ3v) is 2.62. The van der Waals surface area contributed by atoms with Crippen LogP contribution in [0.25, 0.3) is 0 Å². The number of ether oxygens (including phenoxy) is 1. The highest BCUT2D eigenvalue weighted by atomic mass is 16.5. The summed E-state index contributed by atoms with van der Waals surface area (Å²) in [6, 6.07) is 0. The molecule has 1 fully saturated rings. The molecule has 1 heterocycles. The number of rotatable bonds is 1. The highest BCUT2D eigenvalue weighted by molar-refractivity contribution is 5.91. The molecule has 1 atom stereocenters. The quantitative estimate of drug-likeness (QED) is 0.610. The molecule has 0 aromatic rings. The normalized spacial score (nSPS) is 25.5. The van der Waals surface area contributed by atoms with Gasteiger partial charge in [-0.3, -0.25) is 0 Å². The minimum absolute atomic E-state index is 0.236. The summed E-state index contributed by atoms with van der Waals surface area (Å²) in [4.78, 5) is 11.2. The van der Waals surface area contributed by atoms with Crippen molar-refractivity contribution in [1.82, 2.24) is 5.32 Å². The summed E-state index contributed by atoms with van der Waals surface area (Å²) in [5, 5.41) is 3.28. The molecule has 0 radical (unpaired) electrons. The minimum atomic E-state index is -0.236. The number of esters is 1. The Morgan fingerprint density at radius 2 is 2.54 bits per heavy atom. The zero-order valence-electron chi connectivity index (χ0n) is 7.67. The highest BCUT2D eigenvalue weighted by Crippen LogP contribution is 2.28. The van der Waals surface area contributed by atoms with Gasteiger partial charge in [0, 0.05) is 18.2 Å². The monoisotopic (exact) mass is 179 g/mol. The molecule has 0 saturated carbocycles. The van der Waals surface area contributed by atoms with Crippen molar-refractivity contribution >= 4 is 5.97 Å². The molecular formula is C10H13NO2. The first-order valence-electron chi connectivity index (χ1n) is 4.55. The van der Waals surface area contributed by atoms with Gasteiger partial charge in [-0.05, 0) is 18.9 Å². The predicted octanol–water partition coefficient (Wildman–Crippen LogP) is 0.983. The number of fused-ring (bicyclic) bond motifs is 1. The Morgan fingerprint density at radius 1 is 1.69 bits per heavy atom. The van der Waals surface area contributed by atoms with Crippen LogP contribution in [0.2, 0.25) is 0 Å². The lowest BCUT2D eigenvalue weighted by Crippen LogP contribution is -2.14. The largest absolute Gasteiger partial charge is 0.465 e. The summed E-state index contributed by atoms with van der Waals surface area (Å²) >= 11 is 0. The average molecular weight is 179 g/mol. The molecule has 2 aliphatic rings. The summed E-state index contributed by atoms with van der Waals surface area (Å²) in [6.07, 6.45) is 6.01. The van der Waals surface area contributed by atoms with Crippen molar-refractivity contribution in [2.24, 2.45) is 5.92 Å². The molecule has 1 unspecified atom stereocenters. The molecular weight excluding hydrogens is 166 g/mol.